The van der Waals surface area contributed by atoms with Crippen LogP contribution in [0.5, 0.6) is 0 Å². The van der Waals surface area contributed by atoms with Gasteiger partial charge in [-0.05, 0) is 31.9 Å². The molecule has 0 unspecified atom stereocenters. The van der Waals surface area contributed by atoms with Crippen LogP contribution in [0.15, 0.2) is 36.2 Å². The van der Waals surface area contributed by atoms with E-state index in [0.29, 0.717) is 6.42 Å². The fourth-order valence-corrected chi connectivity index (χ4v) is 1.33. The van der Waals surface area contributed by atoms with Gasteiger partial charge in [0, 0.05) is 0 Å². The Kier molecular flexibility index (Phi) is 4.70. The Balaban J connectivity index is 2.62. The summed E-state index contributed by atoms with van der Waals surface area (Å²) < 4.78 is 17.7. The highest BCUT2D eigenvalue weighted by molar-refractivity contribution is 5.85. The Morgan fingerprint density at radius 1 is 1.50 bits per heavy atom. The highest BCUT2D eigenvalue weighted by Gasteiger charge is 2.08. The van der Waals surface area contributed by atoms with Crippen LogP contribution in [0.1, 0.15) is 18.1 Å². The van der Waals surface area contributed by atoms with Crippen LogP contribution >= 0.6 is 0 Å². The number of hydrogen-bond donors (Lipinski definition) is 0. The Morgan fingerprint density at radius 3 is 2.88 bits per heavy atom. The molecule has 0 aliphatic rings. The number of carbonyl (C=O) groups is 1. The number of esters is 1. The molecule has 16 heavy (non-hydrogen) atoms. The van der Waals surface area contributed by atoms with Crippen molar-refractivity contribution in [3.05, 3.63) is 47.3 Å². The number of hydrogen-bond acceptors (Lipinski definition) is 2. The number of benzene rings is 1. The second-order valence-corrected chi connectivity index (χ2v) is 3.47. The van der Waals surface area contributed by atoms with Gasteiger partial charge in [-0.2, -0.15) is 4.39 Å². The van der Waals surface area contributed by atoms with E-state index in [1.807, 2.05) is 31.2 Å². The van der Waals surface area contributed by atoms with Crippen LogP contribution in [0.3, 0.4) is 0 Å². The Labute approximate surface area is 94.7 Å². The maximum absolute atomic E-state index is 13.2. The molecule has 1 aromatic carbocycles. The maximum atomic E-state index is 13.2. The third kappa shape index (κ3) is 3.85. The van der Waals surface area contributed by atoms with E-state index in [1.165, 1.54) is 6.08 Å². The molecule has 0 atom stereocenters. The van der Waals surface area contributed by atoms with Crippen LogP contribution in [-0.4, -0.2) is 12.6 Å². The summed E-state index contributed by atoms with van der Waals surface area (Å²) in [5, 5.41) is 0. The minimum Gasteiger partial charge on any atom is -0.461 e. The lowest BCUT2D eigenvalue weighted by Crippen LogP contribution is -2.04. The largest absolute Gasteiger partial charge is 0.461 e. The van der Waals surface area contributed by atoms with Gasteiger partial charge in [0.25, 0.3) is 0 Å². The molecule has 86 valence electrons. The highest BCUT2D eigenvalue weighted by atomic mass is 19.1. The molecule has 3 heteroatoms. The lowest BCUT2D eigenvalue weighted by Gasteiger charge is -2.00. The molecule has 2 nitrogen and oxygen atoms in total. The van der Waals surface area contributed by atoms with Crippen LogP contribution in [0.2, 0.25) is 0 Å². The zero-order valence-electron chi connectivity index (χ0n) is 9.50. The zero-order chi connectivity index (χ0) is 12.0. The van der Waals surface area contributed by atoms with E-state index in [0.717, 1.165) is 11.1 Å². The number of halogens is 1. The van der Waals surface area contributed by atoms with Gasteiger partial charge in [-0.1, -0.05) is 29.8 Å². The van der Waals surface area contributed by atoms with Crippen LogP contribution < -0.4 is 0 Å². The van der Waals surface area contributed by atoms with Crippen molar-refractivity contribution in [2.75, 3.05) is 6.61 Å². The van der Waals surface area contributed by atoms with Crippen LogP contribution in [0.25, 0.3) is 0 Å². The lowest BCUT2D eigenvalue weighted by atomic mass is 10.1. The molecule has 0 saturated carbocycles. The summed E-state index contributed by atoms with van der Waals surface area (Å²) in [6.45, 7) is 3.80. The molecule has 0 heterocycles. The molecule has 0 aliphatic carbocycles. The number of allylic oxidation sites excluding steroid dienone is 1. The summed E-state index contributed by atoms with van der Waals surface area (Å²) in [4.78, 5) is 11.0. The SMILES string of the molecule is CCOC(=O)C(F)=CCc1cccc(C)c1. The summed E-state index contributed by atoms with van der Waals surface area (Å²) in [6, 6.07) is 7.71. The van der Waals surface area contributed by atoms with Gasteiger partial charge in [0.15, 0.2) is 0 Å². The molecule has 0 radical (unpaired) electrons. The molecule has 1 aromatic rings. The smallest absolute Gasteiger partial charge is 0.366 e. The molecule has 0 spiro atoms. The molecular weight excluding hydrogens is 207 g/mol. The van der Waals surface area contributed by atoms with Crippen LogP contribution in [0.4, 0.5) is 4.39 Å². The summed E-state index contributed by atoms with van der Waals surface area (Å²) >= 11 is 0. The predicted molar refractivity (Wildman–Crippen MR) is 60.7 cm³/mol. The van der Waals surface area contributed by atoms with Crippen LogP contribution in [0, 0.1) is 6.92 Å². The van der Waals surface area contributed by atoms with E-state index >= 15 is 0 Å². The van der Waals surface area contributed by atoms with Crippen LogP contribution in [-0.2, 0) is 16.0 Å². The fraction of sp³-hybridized carbons (Fsp3) is 0.308. The van der Waals surface area contributed by atoms with E-state index in [4.69, 9.17) is 0 Å². The summed E-state index contributed by atoms with van der Waals surface area (Å²) in [7, 11) is 0. The molecule has 0 saturated heterocycles. The second-order valence-electron chi connectivity index (χ2n) is 3.47. The highest BCUT2D eigenvalue weighted by Crippen LogP contribution is 2.08. The number of aryl methyl sites for hydroxylation is 1. The summed E-state index contributed by atoms with van der Waals surface area (Å²) in [5.74, 6) is -1.72. The van der Waals surface area contributed by atoms with E-state index in [-0.39, 0.29) is 6.61 Å². The van der Waals surface area contributed by atoms with Crippen molar-refractivity contribution in [1.29, 1.82) is 0 Å². The third-order valence-electron chi connectivity index (χ3n) is 2.07. The molecule has 0 aromatic heterocycles. The Bertz CT molecular complexity index is 397. The van der Waals surface area contributed by atoms with Gasteiger partial charge in [0.1, 0.15) is 0 Å². The van der Waals surface area contributed by atoms with Gasteiger partial charge >= 0.3 is 5.97 Å². The van der Waals surface area contributed by atoms with Gasteiger partial charge < -0.3 is 4.74 Å². The zero-order valence-corrected chi connectivity index (χ0v) is 9.50. The predicted octanol–water partition coefficient (Wildman–Crippen LogP) is 2.95. The average Bonchev–Trinajstić information content (AvgIpc) is 2.26. The van der Waals surface area contributed by atoms with Gasteiger partial charge in [0.2, 0.25) is 5.83 Å². The normalized spacial score (nSPS) is 11.3. The Morgan fingerprint density at radius 2 is 2.25 bits per heavy atom. The van der Waals surface area contributed by atoms with Gasteiger partial charge in [-0.3, -0.25) is 0 Å². The van der Waals surface area contributed by atoms with Crippen molar-refractivity contribution in [1.82, 2.24) is 0 Å². The van der Waals surface area contributed by atoms with Crippen molar-refractivity contribution in [2.45, 2.75) is 20.3 Å². The minimum atomic E-state index is -0.893. The van der Waals surface area contributed by atoms with Gasteiger partial charge in [0.05, 0.1) is 6.61 Å². The van der Waals surface area contributed by atoms with Crippen molar-refractivity contribution in [3.8, 4) is 0 Å². The van der Waals surface area contributed by atoms with Crippen molar-refractivity contribution >= 4 is 5.97 Å². The van der Waals surface area contributed by atoms with Gasteiger partial charge in [-0.25, -0.2) is 4.79 Å². The number of rotatable bonds is 4. The molecule has 0 aliphatic heterocycles. The molecule has 0 N–H and O–H groups in total. The molecule has 0 bridgehead atoms. The number of carbonyl (C=O) groups excluding carboxylic acids is 1. The first-order chi connectivity index (χ1) is 7.63. The summed E-state index contributed by atoms with van der Waals surface area (Å²) in [6.07, 6.45) is 1.64. The summed E-state index contributed by atoms with van der Waals surface area (Å²) in [5.41, 5.74) is 2.09. The van der Waals surface area contributed by atoms with E-state index in [1.54, 1.807) is 6.92 Å². The van der Waals surface area contributed by atoms with Crippen molar-refractivity contribution in [3.63, 3.8) is 0 Å². The quantitative estimate of drug-likeness (QED) is 0.578. The lowest BCUT2D eigenvalue weighted by molar-refractivity contribution is -0.140. The third-order valence-corrected chi connectivity index (χ3v) is 2.07. The fourth-order valence-electron chi connectivity index (χ4n) is 1.33. The average molecular weight is 222 g/mol. The molecule has 0 amide bonds. The monoisotopic (exact) mass is 222 g/mol. The first-order valence-electron chi connectivity index (χ1n) is 5.21. The standard InChI is InChI=1S/C13H15FO2/c1-3-16-13(15)12(14)8-7-11-6-4-5-10(2)9-11/h4-6,8-9H,3,7H2,1-2H3. The molecule has 0 fully saturated rings. The molecule has 1 rings (SSSR count). The first-order valence-corrected chi connectivity index (χ1v) is 5.21. The van der Waals surface area contributed by atoms with E-state index in [2.05, 4.69) is 4.74 Å². The second kappa shape index (κ2) is 6.05. The number of ether oxygens (including phenoxy) is 1. The Hall–Kier alpha value is -1.64. The molecular formula is C13H15FO2. The van der Waals surface area contributed by atoms with E-state index < -0.39 is 11.8 Å². The van der Waals surface area contributed by atoms with Crippen molar-refractivity contribution < 1.29 is 13.9 Å². The maximum Gasteiger partial charge on any atom is 0.366 e. The first kappa shape index (κ1) is 12.4. The topological polar surface area (TPSA) is 26.3 Å². The van der Waals surface area contributed by atoms with E-state index in [9.17, 15) is 9.18 Å². The van der Waals surface area contributed by atoms with Crippen molar-refractivity contribution in [2.24, 2.45) is 0 Å². The minimum absolute atomic E-state index is 0.185. The van der Waals surface area contributed by atoms with Gasteiger partial charge in [-0.15, -0.1) is 0 Å².